The maximum absolute atomic E-state index is 11.0. The molecule has 0 saturated heterocycles. The van der Waals surface area contributed by atoms with Crippen LogP contribution in [-0.4, -0.2) is 33.8 Å². The minimum absolute atomic E-state index is 0.0601. The van der Waals surface area contributed by atoms with E-state index in [1.807, 2.05) is 0 Å². The van der Waals surface area contributed by atoms with Crippen LogP contribution in [0, 0.1) is 0 Å². The number of aliphatic hydroxyl groups is 3. The lowest BCUT2D eigenvalue weighted by Gasteiger charge is -2.14. The SMILES string of the molecule is CC(=O)c1ccc(C(O)C(O)CCO)s1. The predicted molar refractivity (Wildman–Crippen MR) is 57.0 cm³/mol. The maximum Gasteiger partial charge on any atom is 0.169 e. The number of hydrogen-bond acceptors (Lipinski definition) is 5. The summed E-state index contributed by atoms with van der Waals surface area (Å²) in [6, 6.07) is 3.24. The van der Waals surface area contributed by atoms with E-state index in [9.17, 15) is 15.0 Å². The summed E-state index contributed by atoms with van der Waals surface area (Å²) in [5, 5.41) is 27.7. The van der Waals surface area contributed by atoms with Crippen molar-refractivity contribution in [1.29, 1.82) is 0 Å². The second kappa shape index (κ2) is 5.37. The highest BCUT2D eigenvalue weighted by atomic mass is 32.1. The molecule has 3 N–H and O–H groups in total. The fraction of sp³-hybridized carbons (Fsp3) is 0.500. The van der Waals surface area contributed by atoms with Gasteiger partial charge in [0.05, 0.1) is 11.0 Å². The summed E-state index contributed by atoms with van der Waals surface area (Å²) in [4.78, 5) is 12.1. The number of carbonyl (C=O) groups is 1. The summed E-state index contributed by atoms with van der Waals surface area (Å²) in [7, 11) is 0. The van der Waals surface area contributed by atoms with Gasteiger partial charge in [0.2, 0.25) is 0 Å². The van der Waals surface area contributed by atoms with Crippen molar-refractivity contribution in [3.63, 3.8) is 0 Å². The molecule has 0 radical (unpaired) electrons. The van der Waals surface area contributed by atoms with E-state index in [4.69, 9.17) is 5.11 Å². The van der Waals surface area contributed by atoms with Crippen molar-refractivity contribution in [1.82, 2.24) is 0 Å². The van der Waals surface area contributed by atoms with Gasteiger partial charge >= 0.3 is 0 Å². The number of aliphatic hydroxyl groups excluding tert-OH is 3. The minimum Gasteiger partial charge on any atom is -0.396 e. The van der Waals surface area contributed by atoms with E-state index in [0.29, 0.717) is 9.75 Å². The van der Waals surface area contributed by atoms with E-state index >= 15 is 0 Å². The molecule has 1 heterocycles. The van der Waals surface area contributed by atoms with Gasteiger partial charge in [-0.2, -0.15) is 0 Å². The van der Waals surface area contributed by atoms with Gasteiger partial charge in [-0.15, -0.1) is 11.3 Å². The lowest BCUT2D eigenvalue weighted by Crippen LogP contribution is -2.18. The lowest BCUT2D eigenvalue weighted by atomic mass is 10.1. The van der Waals surface area contributed by atoms with Gasteiger partial charge in [0.1, 0.15) is 6.10 Å². The molecule has 0 aromatic carbocycles. The van der Waals surface area contributed by atoms with Crippen molar-refractivity contribution in [3.8, 4) is 0 Å². The van der Waals surface area contributed by atoms with Crippen LogP contribution in [0.1, 0.15) is 34.0 Å². The molecule has 0 amide bonds. The third-order valence-corrected chi connectivity index (χ3v) is 3.31. The van der Waals surface area contributed by atoms with Crippen molar-refractivity contribution in [3.05, 3.63) is 21.9 Å². The average Bonchev–Trinajstić information content (AvgIpc) is 2.65. The molecule has 84 valence electrons. The van der Waals surface area contributed by atoms with E-state index in [1.165, 1.54) is 6.92 Å². The van der Waals surface area contributed by atoms with Crippen LogP contribution >= 0.6 is 11.3 Å². The number of thiophene rings is 1. The molecule has 0 bridgehead atoms. The van der Waals surface area contributed by atoms with Gasteiger partial charge in [-0.05, 0) is 25.5 Å². The molecule has 0 fully saturated rings. The molecule has 0 aliphatic rings. The highest BCUT2D eigenvalue weighted by Gasteiger charge is 2.20. The highest BCUT2D eigenvalue weighted by molar-refractivity contribution is 7.14. The molecule has 4 nitrogen and oxygen atoms in total. The van der Waals surface area contributed by atoms with Gasteiger partial charge in [0.25, 0.3) is 0 Å². The van der Waals surface area contributed by atoms with Crippen LogP contribution in [-0.2, 0) is 0 Å². The smallest absolute Gasteiger partial charge is 0.169 e. The lowest BCUT2D eigenvalue weighted by molar-refractivity contribution is 0.00618. The molecular formula is C10H14O4S. The first-order valence-corrected chi connectivity index (χ1v) is 5.45. The number of Topliss-reactive ketones (excluding diaryl/α,β-unsaturated/α-hetero) is 1. The fourth-order valence-corrected chi connectivity index (χ4v) is 2.13. The van der Waals surface area contributed by atoms with Gasteiger partial charge in [-0.1, -0.05) is 0 Å². The van der Waals surface area contributed by atoms with Crippen LogP contribution < -0.4 is 0 Å². The van der Waals surface area contributed by atoms with Crippen LogP contribution in [0.4, 0.5) is 0 Å². The molecule has 1 aromatic rings. The number of hydrogen-bond donors (Lipinski definition) is 3. The molecule has 0 saturated carbocycles. The van der Waals surface area contributed by atoms with Gasteiger partial charge < -0.3 is 15.3 Å². The first-order valence-electron chi connectivity index (χ1n) is 4.64. The monoisotopic (exact) mass is 230 g/mol. The molecule has 5 heteroatoms. The van der Waals surface area contributed by atoms with Crippen molar-refractivity contribution < 1.29 is 20.1 Å². The van der Waals surface area contributed by atoms with Crippen LogP contribution in [0.3, 0.4) is 0 Å². The Hall–Kier alpha value is -0.750. The zero-order valence-corrected chi connectivity index (χ0v) is 9.20. The van der Waals surface area contributed by atoms with E-state index in [2.05, 4.69) is 0 Å². The van der Waals surface area contributed by atoms with Crippen molar-refractivity contribution in [2.24, 2.45) is 0 Å². The third kappa shape index (κ3) is 3.10. The quantitative estimate of drug-likeness (QED) is 0.652. The number of ketones is 1. The number of rotatable bonds is 5. The second-order valence-corrected chi connectivity index (χ2v) is 4.40. The topological polar surface area (TPSA) is 77.8 Å². The molecule has 0 aliphatic carbocycles. The minimum atomic E-state index is -1.03. The Morgan fingerprint density at radius 3 is 2.60 bits per heavy atom. The van der Waals surface area contributed by atoms with Gasteiger partial charge in [-0.25, -0.2) is 0 Å². The Kier molecular flexibility index (Phi) is 4.41. The molecular weight excluding hydrogens is 216 g/mol. The van der Waals surface area contributed by atoms with Crippen molar-refractivity contribution in [2.45, 2.75) is 25.6 Å². The highest BCUT2D eigenvalue weighted by Crippen LogP contribution is 2.26. The molecule has 1 aromatic heterocycles. The van der Waals surface area contributed by atoms with E-state index < -0.39 is 12.2 Å². The first kappa shape index (κ1) is 12.3. The largest absolute Gasteiger partial charge is 0.396 e. The predicted octanol–water partition coefficient (Wildman–Crippen LogP) is 0.727. The van der Waals surface area contributed by atoms with E-state index in [1.54, 1.807) is 12.1 Å². The second-order valence-electron chi connectivity index (χ2n) is 3.28. The molecule has 0 aliphatic heterocycles. The van der Waals surface area contributed by atoms with Gasteiger partial charge in [0.15, 0.2) is 5.78 Å². The van der Waals surface area contributed by atoms with Crippen LogP contribution in [0.2, 0.25) is 0 Å². The summed E-state index contributed by atoms with van der Waals surface area (Å²) in [6.07, 6.45) is -1.90. The Balaban J connectivity index is 2.73. The zero-order valence-electron chi connectivity index (χ0n) is 8.38. The van der Waals surface area contributed by atoms with Gasteiger partial charge in [0, 0.05) is 11.5 Å². The standard InChI is InChI=1S/C10H14O4S/c1-6(12)8-2-3-9(15-8)10(14)7(13)4-5-11/h2-3,7,10-11,13-14H,4-5H2,1H3. The van der Waals surface area contributed by atoms with Crippen molar-refractivity contribution >= 4 is 17.1 Å². The summed E-state index contributed by atoms with van der Waals surface area (Å²) < 4.78 is 0. The van der Waals surface area contributed by atoms with Crippen LogP contribution in [0.5, 0.6) is 0 Å². The molecule has 0 spiro atoms. The molecule has 2 unspecified atom stereocenters. The average molecular weight is 230 g/mol. The Labute approximate surface area is 91.8 Å². The van der Waals surface area contributed by atoms with E-state index in [0.717, 1.165) is 11.3 Å². The van der Waals surface area contributed by atoms with E-state index in [-0.39, 0.29) is 18.8 Å². The maximum atomic E-state index is 11.0. The zero-order chi connectivity index (χ0) is 11.4. The van der Waals surface area contributed by atoms with Crippen LogP contribution in [0.15, 0.2) is 12.1 Å². The Morgan fingerprint density at radius 1 is 1.47 bits per heavy atom. The van der Waals surface area contributed by atoms with Crippen molar-refractivity contribution in [2.75, 3.05) is 6.61 Å². The summed E-state index contributed by atoms with van der Waals surface area (Å²) >= 11 is 1.16. The molecule has 15 heavy (non-hydrogen) atoms. The molecule has 1 rings (SSSR count). The number of carbonyl (C=O) groups excluding carboxylic acids is 1. The Bertz CT molecular complexity index is 334. The first-order chi connectivity index (χ1) is 7.06. The summed E-state index contributed by atoms with van der Waals surface area (Å²) in [5.74, 6) is -0.0601. The van der Waals surface area contributed by atoms with Crippen LogP contribution in [0.25, 0.3) is 0 Å². The molecule has 2 atom stereocenters. The Morgan fingerprint density at radius 2 is 2.13 bits per heavy atom. The summed E-state index contributed by atoms with van der Waals surface area (Å²) in [6.45, 7) is 1.27. The van der Waals surface area contributed by atoms with Gasteiger partial charge in [-0.3, -0.25) is 4.79 Å². The third-order valence-electron chi connectivity index (χ3n) is 2.05. The normalized spacial score (nSPS) is 14.9. The summed E-state index contributed by atoms with van der Waals surface area (Å²) in [5.41, 5.74) is 0. The fourth-order valence-electron chi connectivity index (χ4n) is 1.18.